The van der Waals surface area contributed by atoms with Gasteiger partial charge in [-0.3, -0.25) is 0 Å². The van der Waals surface area contributed by atoms with E-state index < -0.39 is 16.0 Å². The Bertz CT molecular complexity index is 1180. The molecule has 11 heteroatoms. The number of sulfonamides is 1. The third-order valence-electron chi connectivity index (χ3n) is 4.98. The number of hydrogen-bond acceptors (Lipinski definition) is 7. The molecule has 30 heavy (non-hydrogen) atoms. The van der Waals surface area contributed by atoms with Crippen LogP contribution in [0, 0.1) is 6.92 Å². The zero-order valence-corrected chi connectivity index (χ0v) is 17.6. The maximum absolute atomic E-state index is 12.9. The van der Waals surface area contributed by atoms with Crippen LogP contribution in [0.3, 0.4) is 0 Å². The van der Waals surface area contributed by atoms with Crippen molar-refractivity contribution in [1.29, 1.82) is 0 Å². The van der Waals surface area contributed by atoms with E-state index in [0.717, 1.165) is 5.52 Å². The van der Waals surface area contributed by atoms with Gasteiger partial charge in [0.15, 0.2) is 0 Å². The zero-order valence-electron chi connectivity index (χ0n) is 16.8. The Morgan fingerprint density at radius 1 is 1.30 bits per heavy atom. The van der Waals surface area contributed by atoms with Crippen LogP contribution in [0.1, 0.15) is 29.1 Å². The molecule has 1 saturated heterocycles. The van der Waals surface area contributed by atoms with Crippen molar-refractivity contribution in [2.45, 2.75) is 31.9 Å². The number of carbonyl (C=O) groups is 1. The van der Waals surface area contributed by atoms with Crippen molar-refractivity contribution < 1.29 is 22.7 Å². The van der Waals surface area contributed by atoms with Crippen LogP contribution < -0.4 is 0 Å². The van der Waals surface area contributed by atoms with Gasteiger partial charge in [0.2, 0.25) is 10.0 Å². The minimum atomic E-state index is -3.62. The van der Waals surface area contributed by atoms with Crippen LogP contribution in [0.4, 0.5) is 0 Å². The van der Waals surface area contributed by atoms with E-state index in [0.29, 0.717) is 50.0 Å². The molecule has 1 aromatic carbocycles. The van der Waals surface area contributed by atoms with Crippen LogP contribution in [-0.2, 0) is 32.6 Å². The second-order valence-corrected chi connectivity index (χ2v) is 8.84. The van der Waals surface area contributed by atoms with Crippen LogP contribution in [0.25, 0.3) is 11.0 Å². The molecule has 0 amide bonds. The lowest BCUT2D eigenvalue weighted by molar-refractivity contribution is 0.0452. The third kappa shape index (κ3) is 3.83. The van der Waals surface area contributed by atoms with Gasteiger partial charge in [-0.05, 0) is 32.0 Å². The molecule has 0 unspecified atom stereocenters. The van der Waals surface area contributed by atoms with Crippen LogP contribution in [0.2, 0.25) is 0 Å². The van der Waals surface area contributed by atoms with Crippen molar-refractivity contribution in [3.8, 4) is 0 Å². The number of benzene rings is 1. The summed E-state index contributed by atoms with van der Waals surface area (Å²) in [5, 5.41) is 0. The molecule has 0 atom stereocenters. The molecule has 0 radical (unpaired) electrons. The third-order valence-corrected chi connectivity index (χ3v) is 6.87. The highest BCUT2D eigenvalue weighted by atomic mass is 32.2. The molecule has 4 rings (SSSR count). The normalized spacial score (nSPS) is 15.5. The van der Waals surface area contributed by atoms with Gasteiger partial charge in [0, 0.05) is 19.6 Å². The van der Waals surface area contributed by atoms with Crippen molar-refractivity contribution >= 4 is 27.0 Å². The van der Waals surface area contributed by atoms with E-state index in [9.17, 15) is 13.2 Å². The van der Waals surface area contributed by atoms with Gasteiger partial charge in [-0.15, -0.1) is 0 Å². The molecule has 10 nitrogen and oxygen atoms in total. The number of imidazole rings is 2. The van der Waals surface area contributed by atoms with E-state index in [1.807, 2.05) is 11.5 Å². The molecule has 0 bridgehead atoms. The highest BCUT2D eigenvalue weighted by Gasteiger charge is 2.27. The first kappa shape index (κ1) is 20.5. The van der Waals surface area contributed by atoms with Gasteiger partial charge in [0.05, 0.1) is 35.3 Å². The fraction of sp³-hybridized carbons (Fsp3) is 0.421. The molecule has 2 aromatic heterocycles. The number of esters is 1. The quantitative estimate of drug-likeness (QED) is 0.585. The molecule has 160 valence electrons. The Balaban J connectivity index is 1.59. The maximum atomic E-state index is 12.9. The van der Waals surface area contributed by atoms with Crippen molar-refractivity contribution in [2.24, 2.45) is 0 Å². The van der Waals surface area contributed by atoms with Crippen LogP contribution in [0.5, 0.6) is 0 Å². The van der Waals surface area contributed by atoms with Crippen molar-refractivity contribution in [2.75, 3.05) is 26.3 Å². The summed E-state index contributed by atoms with van der Waals surface area (Å²) in [4.78, 5) is 23.7. The van der Waals surface area contributed by atoms with Gasteiger partial charge in [-0.2, -0.15) is 4.31 Å². The van der Waals surface area contributed by atoms with Crippen LogP contribution >= 0.6 is 0 Å². The van der Waals surface area contributed by atoms with Gasteiger partial charge in [-0.25, -0.2) is 23.2 Å². The molecule has 0 saturated carbocycles. The minimum Gasteiger partial charge on any atom is -0.453 e. The number of nitrogens with zero attached hydrogens (tertiary/aromatic N) is 4. The number of H-pyrrole nitrogens is 1. The van der Waals surface area contributed by atoms with E-state index in [2.05, 4.69) is 15.0 Å². The topological polar surface area (TPSA) is 119 Å². The van der Waals surface area contributed by atoms with Crippen molar-refractivity contribution in [3.63, 3.8) is 0 Å². The van der Waals surface area contributed by atoms with E-state index >= 15 is 0 Å². The molecular weight excluding hydrogens is 410 g/mol. The number of aryl methyl sites for hydroxylation is 2. The molecular formula is C19H23N5O5S. The lowest BCUT2D eigenvalue weighted by Gasteiger charge is -2.26. The molecule has 1 fully saturated rings. The van der Waals surface area contributed by atoms with Gasteiger partial charge in [-0.1, -0.05) is 0 Å². The van der Waals surface area contributed by atoms with Crippen LogP contribution in [0.15, 0.2) is 29.3 Å². The first-order chi connectivity index (χ1) is 14.4. The maximum Gasteiger partial charge on any atom is 0.356 e. The smallest absolute Gasteiger partial charge is 0.356 e. The number of aromatic amines is 1. The first-order valence-electron chi connectivity index (χ1n) is 9.66. The average Bonchev–Trinajstić information content (AvgIpc) is 3.35. The second kappa shape index (κ2) is 8.17. The Labute approximate surface area is 173 Å². The van der Waals surface area contributed by atoms with E-state index in [-0.39, 0.29) is 17.2 Å². The zero-order chi connectivity index (χ0) is 21.3. The van der Waals surface area contributed by atoms with Crippen LogP contribution in [-0.4, -0.2) is 64.5 Å². The number of morpholine rings is 1. The predicted octanol–water partition coefficient (Wildman–Crippen LogP) is 1.47. The van der Waals surface area contributed by atoms with E-state index in [4.69, 9.17) is 9.47 Å². The SMILES string of the molecule is CCn1c(COC(=O)c2cnc(C)[nH]2)nc2cc(S(=O)(=O)N3CCOCC3)ccc21. The van der Waals surface area contributed by atoms with Gasteiger partial charge in [0.25, 0.3) is 0 Å². The number of carbonyl (C=O) groups excluding carboxylic acids is 1. The largest absolute Gasteiger partial charge is 0.453 e. The highest BCUT2D eigenvalue weighted by molar-refractivity contribution is 7.89. The predicted molar refractivity (Wildman–Crippen MR) is 107 cm³/mol. The first-order valence-corrected chi connectivity index (χ1v) is 11.1. The summed E-state index contributed by atoms with van der Waals surface area (Å²) < 4.78 is 39.8. The van der Waals surface area contributed by atoms with E-state index in [1.165, 1.54) is 10.5 Å². The molecule has 1 aliphatic heterocycles. The number of hydrogen-bond donors (Lipinski definition) is 1. The fourth-order valence-corrected chi connectivity index (χ4v) is 4.88. The minimum absolute atomic E-state index is 0.0367. The monoisotopic (exact) mass is 433 g/mol. The lowest BCUT2D eigenvalue weighted by atomic mass is 10.3. The van der Waals surface area contributed by atoms with Crippen molar-refractivity contribution in [3.05, 3.63) is 41.7 Å². The van der Waals surface area contributed by atoms with Crippen molar-refractivity contribution in [1.82, 2.24) is 23.8 Å². The summed E-state index contributed by atoms with van der Waals surface area (Å²) in [5.41, 5.74) is 1.59. The summed E-state index contributed by atoms with van der Waals surface area (Å²) in [6, 6.07) is 4.89. The number of rotatable bonds is 6. The summed E-state index contributed by atoms with van der Waals surface area (Å²) >= 11 is 0. The fourth-order valence-electron chi connectivity index (χ4n) is 3.45. The number of ether oxygens (including phenoxy) is 2. The lowest BCUT2D eigenvalue weighted by Crippen LogP contribution is -2.40. The molecule has 0 spiro atoms. The molecule has 3 aromatic rings. The Morgan fingerprint density at radius 2 is 2.07 bits per heavy atom. The molecule has 3 heterocycles. The second-order valence-electron chi connectivity index (χ2n) is 6.90. The summed E-state index contributed by atoms with van der Waals surface area (Å²) in [6.07, 6.45) is 1.42. The summed E-state index contributed by atoms with van der Waals surface area (Å²) in [7, 11) is -3.62. The molecule has 1 aliphatic rings. The molecule has 0 aliphatic carbocycles. The Kier molecular flexibility index (Phi) is 5.58. The highest BCUT2D eigenvalue weighted by Crippen LogP contribution is 2.24. The Hall–Kier alpha value is -2.76. The number of aromatic nitrogens is 4. The molecule has 1 N–H and O–H groups in total. The number of fused-ring (bicyclic) bond motifs is 1. The van der Waals surface area contributed by atoms with Gasteiger partial charge >= 0.3 is 5.97 Å². The van der Waals surface area contributed by atoms with E-state index in [1.54, 1.807) is 25.1 Å². The summed E-state index contributed by atoms with van der Waals surface area (Å²) in [5.74, 6) is 0.635. The summed E-state index contributed by atoms with van der Waals surface area (Å²) in [6.45, 7) is 5.69. The Morgan fingerprint density at radius 3 is 2.73 bits per heavy atom. The van der Waals surface area contributed by atoms with Gasteiger partial charge in [0.1, 0.15) is 23.9 Å². The number of nitrogens with one attached hydrogen (secondary N) is 1. The standard InChI is InChI=1S/C19H23N5O5S/c1-3-24-17-5-4-14(30(26,27)23-6-8-28-9-7-23)10-15(17)22-18(24)12-29-19(25)16-11-20-13(2)21-16/h4-5,10-11H,3,6-9,12H2,1-2H3,(H,20,21). The van der Waals surface area contributed by atoms with Gasteiger partial charge < -0.3 is 19.0 Å². The average molecular weight is 433 g/mol.